The molecule has 42 heavy (non-hydrogen) atoms. The molecule has 0 aliphatic heterocycles. The number of aryl methyl sites for hydroxylation is 3. The Balaban J connectivity index is 1.35. The number of nitrogens with zero attached hydrogens (tertiary/aromatic N) is 2. The summed E-state index contributed by atoms with van der Waals surface area (Å²) in [7, 11) is 2.14. The van der Waals surface area contributed by atoms with Crippen LogP contribution in [-0.2, 0) is 12.8 Å². The molecular weight excluding hydrogens is 508 g/mol. The van der Waals surface area contributed by atoms with Gasteiger partial charge in [0.15, 0.2) is 0 Å². The number of hydrogen-bond acceptors (Lipinski definition) is 2. The molecule has 5 rings (SSSR count). The Morgan fingerprint density at radius 1 is 0.429 bits per heavy atom. The van der Waals surface area contributed by atoms with Crippen LogP contribution in [0.25, 0.3) is 11.1 Å². The maximum atomic E-state index is 2.35. The Labute approximate surface area is 253 Å². The standard InChI is InChI=1S/C40H44N2/c1-5-7-9-32-13-23-36(24-14-32)41(4)37-27-17-34(18-28-37)35-19-29-40(30-20-35)42(38-21-11-31(3)12-22-38)39-25-15-33(16-26-39)10-8-6-2/h11-30H,5-10H2,1-4H3. The van der Waals surface area contributed by atoms with Gasteiger partial charge in [-0.1, -0.05) is 92.9 Å². The topological polar surface area (TPSA) is 6.48 Å². The number of unbranched alkanes of at least 4 members (excludes halogenated alkanes) is 2. The third-order valence-corrected chi connectivity index (χ3v) is 8.16. The molecule has 5 aromatic carbocycles. The first kappa shape index (κ1) is 29.2. The van der Waals surface area contributed by atoms with E-state index in [2.05, 4.69) is 159 Å². The SMILES string of the molecule is CCCCc1ccc(N(C)c2ccc(-c3ccc(N(c4ccc(C)cc4)c4ccc(CCCC)cc4)cc3)cc2)cc1. The molecule has 0 aromatic heterocycles. The normalized spacial score (nSPS) is 11.0. The highest BCUT2D eigenvalue weighted by Gasteiger charge is 2.13. The van der Waals surface area contributed by atoms with Gasteiger partial charge < -0.3 is 9.80 Å². The Morgan fingerprint density at radius 2 is 0.762 bits per heavy atom. The summed E-state index contributed by atoms with van der Waals surface area (Å²) in [6.45, 7) is 6.63. The lowest BCUT2D eigenvalue weighted by Gasteiger charge is -2.26. The van der Waals surface area contributed by atoms with Crippen molar-refractivity contribution in [2.24, 2.45) is 0 Å². The zero-order chi connectivity index (χ0) is 29.3. The number of benzene rings is 5. The molecule has 0 aliphatic rings. The van der Waals surface area contributed by atoms with E-state index in [1.807, 2.05) is 0 Å². The number of hydrogen-bond donors (Lipinski definition) is 0. The van der Waals surface area contributed by atoms with Crippen molar-refractivity contribution in [1.82, 2.24) is 0 Å². The fourth-order valence-corrected chi connectivity index (χ4v) is 5.43. The number of anilines is 5. The van der Waals surface area contributed by atoms with Gasteiger partial charge >= 0.3 is 0 Å². The van der Waals surface area contributed by atoms with Crippen molar-refractivity contribution in [2.75, 3.05) is 16.8 Å². The van der Waals surface area contributed by atoms with E-state index < -0.39 is 0 Å². The predicted octanol–water partition coefficient (Wildman–Crippen LogP) is 11.6. The minimum absolute atomic E-state index is 1.13. The summed E-state index contributed by atoms with van der Waals surface area (Å²) >= 11 is 0. The molecule has 0 N–H and O–H groups in total. The first-order valence-corrected chi connectivity index (χ1v) is 15.5. The second-order valence-corrected chi connectivity index (χ2v) is 11.4. The predicted molar refractivity (Wildman–Crippen MR) is 183 cm³/mol. The summed E-state index contributed by atoms with van der Waals surface area (Å²) in [5.41, 5.74) is 12.4. The van der Waals surface area contributed by atoms with Gasteiger partial charge in [-0.15, -0.1) is 0 Å². The van der Waals surface area contributed by atoms with Gasteiger partial charge in [0.1, 0.15) is 0 Å². The van der Waals surface area contributed by atoms with Crippen LogP contribution in [0.3, 0.4) is 0 Å². The minimum Gasteiger partial charge on any atom is -0.345 e. The zero-order valence-electron chi connectivity index (χ0n) is 25.7. The van der Waals surface area contributed by atoms with Gasteiger partial charge in [0.05, 0.1) is 0 Å². The number of rotatable bonds is 12. The van der Waals surface area contributed by atoms with Crippen molar-refractivity contribution in [3.63, 3.8) is 0 Å². The molecule has 214 valence electrons. The van der Waals surface area contributed by atoms with Crippen LogP contribution in [0.2, 0.25) is 0 Å². The summed E-state index contributed by atoms with van der Waals surface area (Å²) in [6.07, 6.45) is 7.21. The molecule has 0 bridgehead atoms. The van der Waals surface area contributed by atoms with Gasteiger partial charge in [0.2, 0.25) is 0 Å². The Morgan fingerprint density at radius 3 is 1.17 bits per heavy atom. The van der Waals surface area contributed by atoms with Crippen LogP contribution in [0.1, 0.15) is 56.2 Å². The highest BCUT2D eigenvalue weighted by atomic mass is 15.1. The van der Waals surface area contributed by atoms with Crippen LogP contribution in [-0.4, -0.2) is 7.05 Å². The molecule has 0 aliphatic carbocycles. The molecule has 0 heterocycles. The molecule has 2 nitrogen and oxygen atoms in total. The molecule has 0 spiro atoms. The van der Waals surface area contributed by atoms with Gasteiger partial charge in [-0.3, -0.25) is 0 Å². The second kappa shape index (κ2) is 14.0. The van der Waals surface area contributed by atoms with Crippen molar-refractivity contribution < 1.29 is 0 Å². The third-order valence-electron chi connectivity index (χ3n) is 8.16. The largest absolute Gasteiger partial charge is 0.345 e. The quantitative estimate of drug-likeness (QED) is 0.152. The van der Waals surface area contributed by atoms with E-state index in [1.54, 1.807) is 0 Å². The van der Waals surface area contributed by atoms with Gasteiger partial charge in [0.25, 0.3) is 0 Å². The van der Waals surface area contributed by atoms with Crippen LogP contribution in [0.15, 0.2) is 121 Å². The van der Waals surface area contributed by atoms with Crippen LogP contribution in [0.4, 0.5) is 28.4 Å². The van der Waals surface area contributed by atoms with E-state index in [0.717, 1.165) is 18.5 Å². The average Bonchev–Trinajstić information content (AvgIpc) is 3.05. The summed E-state index contributed by atoms with van der Waals surface area (Å²) in [5, 5.41) is 0. The van der Waals surface area contributed by atoms with Crippen LogP contribution < -0.4 is 9.80 Å². The maximum Gasteiger partial charge on any atom is 0.0462 e. The lowest BCUT2D eigenvalue weighted by molar-refractivity contribution is 0.795. The first-order chi connectivity index (χ1) is 20.6. The van der Waals surface area contributed by atoms with Gasteiger partial charge in [-0.2, -0.15) is 0 Å². The fraction of sp³-hybridized carbons (Fsp3) is 0.250. The van der Waals surface area contributed by atoms with Crippen LogP contribution >= 0.6 is 0 Å². The summed E-state index contributed by atoms with van der Waals surface area (Å²) in [6, 6.07) is 44.7. The highest BCUT2D eigenvalue weighted by molar-refractivity contribution is 5.79. The third kappa shape index (κ3) is 7.12. The lowest BCUT2D eigenvalue weighted by atomic mass is 10.0. The smallest absolute Gasteiger partial charge is 0.0462 e. The molecule has 0 atom stereocenters. The Kier molecular flexibility index (Phi) is 9.77. The molecule has 0 radical (unpaired) electrons. The van der Waals surface area contributed by atoms with Crippen LogP contribution in [0, 0.1) is 6.92 Å². The van der Waals surface area contributed by atoms with E-state index in [-0.39, 0.29) is 0 Å². The van der Waals surface area contributed by atoms with Crippen molar-refractivity contribution in [3.8, 4) is 11.1 Å². The summed E-state index contributed by atoms with van der Waals surface area (Å²) in [5.74, 6) is 0. The van der Waals surface area contributed by atoms with E-state index in [0.29, 0.717) is 0 Å². The summed E-state index contributed by atoms with van der Waals surface area (Å²) in [4.78, 5) is 4.60. The van der Waals surface area contributed by atoms with Crippen molar-refractivity contribution in [2.45, 2.75) is 59.3 Å². The second-order valence-electron chi connectivity index (χ2n) is 11.4. The van der Waals surface area contributed by atoms with Crippen molar-refractivity contribution >= 4 is 28.4 Å². The van der Waals surface area contributed by atoms with E-state index in [4.69, 9.17) is 0 Å². The molecular formula is C40H44N2. The zero-order valence-corrected chi connectivity index (χ0v) is 25.7. The maximum absolute atomic E-state index is 2.35. The summed E-state index contributed by atoms with van der Waals surface area (Å²) < 4.78 is 0. The van der Waals surface area contributed by atoms with Crippen molar-refractivity contribution in [3.05, 3.63) is 138 Å². The molecule has 0 amide bonds. The Bertz CT molecular complexity index is 1510. The monoisotopic (exact) mass is 552 g/mol. The lowest BCUT2D eigenvalue weighted by Crippen LogP contribution is -2.10. The Hall–Kier alpha value is -4.30. The molecule has 0 unspecified atom stereocenters. The molecule has 2 heteroatoms. The van der Waals surface area contributed by atoms with Crippen LogP contribution in [0.5, 0.6) is 0 Å². The minimum atomic E-state index is 1.13. The first-order valence-electron chi connectivity index (χ1n) is 15.5. The van der Waals surface area contributed by atoms with Gasteiger partial charge in [0, 0.05) is 35.5 Å². The van der Waals surface area contributed by atoms with Gasteiger partial charge in [-0.25, -0.2) is 0 Å². The molecule has 0 saturated carbocycles. The highest BCUT2D eigenvalue weighted by Crippen LogP contribution is 2.36. The van der Waals surface area contributed by atoms with Crippen molar-refractivity contribution in [1.29, 1.82) is 0 Å². The van der Waals surface area contributed by atoms with E-state index in [9.17, 15) is 0 Å². The molecule has 0 saturated heterocycles. The molecule has 5 aromatic rings. The van der Waals surface area contributed by atoms with Gasteiger partial charge in [-0.05, 0) is 116 Å². The van der Waals surface area contributed by atoms with E-state index >= 15 is 0 Å². The van der Waals surface area contributed by atoms with E-state index in [1.165, 1.54) is 76.3 Å². The molecule has 0 fully saturated rings. The fourth-order valence-electron chi connectivity index (χ4n) is 5.43. The average molecular weight is 553 g/mol.